The van der Waals surface area contributed by atoms with E-state index in [1.165, 1.54) is 24.0 Å². The first kappa shape index (κ1) is 13.3. The highest BCUT2D eigenvalue weighted by atomic mass is 19.1. The van der Waals surface area contributed by atoms with Crippen molar-refractivity contribution in [3.63, 3.8) is 0 Å². The monoisotopic (exact) mass is 269 g/mol. The third-order valence-corrected chi connectivity index (χ3v) is 4.11. The molecule has 1 unspecified atom stereocenters. The van der Waals surface area contributed by atoms with E-state index in [4.69, 9.17) is 0 Å². The van der Waals surface area contributed by atoms with Crippen molar-refractivity contribution in [2.24, 2.45) is 0 Å². The number of hydrogen-bond donors (Lipinski definition) is 0. The second-order valence-corrected chi connectivity index (χ2v) is 5.50. The van der Waals surface area contributed by atoms with Gasteiger partial charge in [0.1, 0.15) is 5.82 Å². The van der Waals surface area contributed by atoms with E-state index >= 15 is 0 Å². The maximum absolute atomic E-state index is 13.1. The highest BCUT2D eigenvalue weighted by Gasteiger charge is 2.23. The summed E-state index contributed by atoms with van der Waals surface area (Å²) < 4.78 is 13.1. The van der Waals surface area contributed by atoms with E-state index < -0.39 is 0 Å². The molecule has 0 spiro atoms. The van der Waals surface area contributed by atoms with Gasteiger partial charge >= 0.3 is 0 Å². The van der Waals surface area contributed by atoms with E-state index in [9.17, 15) is 4.39 Å². The lowest BCUT2D eigenvalue weighted by molar-refractivity contribution is 0.244. The van der Waals surface area contributed by atoms with E-state index in [0.717, 1.165) is 19.5 Å². The van der Waals surface area contributed by atoms with Crippen LogP contribution in [0.3, 0.4) is 0 Å². The number of rotatable bonds is 4. The summed E-state index contributed by atoms with van der Waals surface area (Å²) in [6, 6.07) is 17.9. The lowest BCUT2D eigenvalue weighted by Gasteiger charge is -2.28. The molecule has 2 aromatic carbocycles. The molecule has 0 radical (unpaired) electrons. The summed E-state index contributed by atoms with van der Waals surface area (Å²) >= 11 is 0. The van der Waals surface area contributed by atoms with Crippen molar-refractivity contribution in [1.29, 1.82) is 0 Å². The zero-order chi connectivity index (χ0) is 13.8. The van der Waals surface area contributed by atoms with Crippen molar-refractivity contribution in [2.75, 3.05) is 13.1 Å². The fourth-order valence-corrected chi connectivity index (χ4v) is 3.03. The van der Waals surface area contributed by atoms with Crippen molar-refractivity contribution < 1.29 is 4.39 Å². The summed E-state index contributed by atoms with van der Waals surface area (Å²) in [7, 11) is 0. The molecule has 1 atom stereocenters. The van der Waals surface area contributed by atoms with Crippen LogP contribution in [0.25, 0.3) is 0 Å². The fraction of sp³-hybridized carbons (Fsp3) is 0.333. The number of nitrogens with zero attached hydrogens (tertiary/aromatic N) is 1. The van der Waals surface area contributed by atoms with Gasteiger partial charge in [-0.25, -0.2) is 4.39 Å². The largest absolute Gasteiger partial charge is 0.296 e. The minimum Gasteiger partial charge on any atom is -0.296 e. The maximum Gasteiger partial charge on any atom is 0.123 e. The van der Waals surface area contributed by atoms with E-state index in [1.807, 2.05) is 18.2 Å². The summed E-state index contributed by atoms with van der Waals surface area (Å²) in [6.07, 6.45) is 3.53. The molecule has 1 aliphatic heterocycles. The Hall–Kier alpha value is -1.67. The third kappa shape index (κ3) is 3.07. The first-order valence-corrected chi connectivity index (χ1v) is 7.36. The third-order valence-electron chi connectivity index (χ3n) is 4.11. The van der Waals surface area contributed by atoms with Crippen molar-refractivity contribution in [2.45, 2.75) is 25.3 Å². The SMILES string of the molecule is Fc1ccc(C(Cc2ccccc2)N2CCCC2)cc1. The predicted octanol–water partition coefficient (Wildman–Crippen LogP) is 4.21. The molecular weight excluding hydrogens is 249 g/mol. The summed E-state index contributed by atoms with van der Waals surface area (Å²) in [5.41, 5.74) is 2.56. The molecule has 0 saturated carbocycles. The van der Waals surface area contributed by atoms with Crippen LogP contribution in [-0.2, 0) is 6.42 Å². The van der Waals surface area contributed by atoms with Gasteiger partial charge in [-0.2, -0.15) is 0 Å². The Morgan fingerprint density at radius 2 is 1.55 bits per heavy atom. The molecule has 20 heavy (non-hydrogen) atoms. The molecule has 1 fully saturated rings. The summed E-state index contributed by atoms with van der Waals surface area (Å²) in [5, 5.41) is 0. The fourth-order valence-electron chi connectivity index (χ4n) is 3.03. The molecule has 104 valence electrons. The lowest BCUT2D eigenvalue weighted by atomic mass is 9.97. The van der Waals surface area contributed by atoms with Crippen LogP contribution in [0.2, 0.25) is 0 Å². The molecule has 0 bridgehead atoms. The minimum atomic E-state index is -0.159. The summed E-state index contributed by atoms with van der Waals surface area (Å²) in [6.45, 7) is 2.30. The zero-order valence-corrected chi connectivity index (χ0v) is 11.6. The Labute approximate surface area is 120 Å². The van der Waals surface area contributed by atoms with Crippen LogP contribution in [0.15, 0.2) is 54.6 Å². The molecule has 3 rings (SSSR count). The van der Waals surface area contributed by atoms with E-state index in [1.54, 1.807) is 12.1 Å². The van der Waals surface area contributed by atoms with Crippen LogP contribution in [0.5, 0.6) is 0 Å². The molecule has 1 heterocycles. The first-order chi connectivity index (χ1) is 9.83. The number of likely N-dealkylation sites (tertiary alicyclic amines) is 1. The van der Waals surface area contributed by atoms with Crippen LogP contribution in [-0.4, -0.2) is 18.0 Å². The highest BCUT2D eigenvalue weighted by molar-refractivity contribution is 5.24. The standard InChI is InChI=1S/C18H20FN/c19-17-10-8-16(9-11-17)18(20-12-4-5-13-20)14-15-6-2-1-3-7-15/h1-3,6-11,18H,4-5,12-14H2. The molecule has 2 heteroatoms. The maximum atomic E-state index is 13.1. The quantitative estimate of drug-likeness (QED) is 0.804. The van der Waals surface area contributed by atoms with Gasteiger partial charge in [-0.05, 0) is 55.6 Å². The Morgan fingerprint density at radius 1 is 0.900 bits per heavy atom. The Balaban J connectivity index is 1.85. The van der Waals surface area contributed by atoms with Crippen molar-refractivity contribution >= 4 is 0 Å². The van der Waals surface area contributed by atoms with E-state index in [2.05, 4.69) is 29.2 Å². The van der Waals surface area contributed by atoms with Crippen molar-refractivity contribution in [3.05, 3.63) is 71.5 Å². The number of hydrogen-bond acceptors (Lipinski definition) is 1. The molecule has 0 amide bonds. The molecule has 1 aliphatic rings. The average Bonchev–Trinajstić information content (AvgIpc) is 3.01. The number of halogens is 1. The summed E-state index contributed by atoms with van der Waals surface area (Å²) in [4.78, 5) is 2.53. The zero-order valence-electron chi connectivity index (χ0n) is 11.6. The molecular formula is C18H20FN. The molecule has 1 saturated heterocycles. The second-order valence-electron chi connectivity index (χ2n) is 5.50. The van der Waals surface area contributed by atoms with Gasteiger partial charge in [-0.3, -0.25) is 4.90 Å². The molecule has 0 aliphatic carbocycles. The van der Waals surface area contributed by atoms with Gasteiger partial charge in [0.05, 0.1) is 0 Å². The minimum absolute atomic E-state index is 0.159. The first-order valence-electron chi connectivity index (χ1n) is 7.36. The van der Waals surface area contributed by atoms with Gasteiger partial charge in [0, 0.05) is 6.04 Å². The van der Waals surface area contributed by atoms with Crippen LogP contribution < -0.4 is 0 Å². The average molecular weight is 269 g/mol. The van der Waals surface area contributed by atoms with Crippen molar-refractivity contribution in [1.82, 2.24) is 4.90 Å². The van der Waals surface area contributed by atoms with Crippen molar-refractivity contribution in [3.8, 4) is 0 Å². The normalized spacial score (nSPS) is 17.2. The molecule has 1 nitrogen and oxygen atoms in total. The van der Waals surface area contributed by atoms with Gasteiger partial charge in [-0.1, -0.05) is 42.5 Å². The van der Waals surface area contributed by atoms with Gasteiger partial charge in [-0.15, -0.1) is 0 Å². The van der Waals surface area contributed by atoms with Crippen LogP contribution in [0.1, 0.15) is 30.0 Å². The van der Waals surface area contributed by atoms with Crippen LogP contribution >= 0.6 is 0 Å². The second kappa shape index (κ2) is 6.19. The van der Waals surface area contributed by atoms with Crippen LogP contribution in [0, 0.1) is 5.82 Å². The summed E-state index contributed by atoms with van der Waals surface area (Å²) in [5.74, 6) is -0.159. The van der Waals surface area contributed by atoms with E-state index in [0.29, 0.717) is 6.04 Å². The molecule has 0 N–H and O–H groups in total. The van der Waals surface area contributed by atoms with E-state index in [-0.39, 0.29) is 5.82 Å². The van der Waals surface area contributed by atoms with Gasteiger partial charge < -0.3 is 0 Å². The van der Waals surface area contributed by atoms with Gasteiger partial charge in [0.25, 0.3) is 0 Å². The highest BCUT2D eigenvalue weighted by Crippen LogP contribution is 2.28. The predicted molar refractivity (Wildman–Crippen MR) is 80.1 cm³/mol. The molecule has 0 aromatic heterocycles. The Morgan fingerprint density at radius 3 is 2.20 bits per heavy atom. The topological polar surface area (TPSA) is 3.24 Å². The Kier molecular flexibility index (Phi) is 4.12. The smallest absolute Gasteiger partial charge is 0.123 e. The van der Waals surface area contributed by atoms with Gasteiger partial charge in [0.2, 0.25) is 0 Å². The van der Waals surface area contributed by atoms with Gasteiger partial charge in [0.15, 0.2) is 0 Å². The van der Waals surface area contributed by atoms with Crippen LogP contribution in [0.4, 0.5) is 4.39 Å². The Bertz CT molecular complexity index is 529. The lowest BCUT2D eigenvalue weighted by Crippen LogP contribution is -2.27. The number of benzene rings is 2. The molecule has 2 aromatic rings.